The highest BCUT2D eigenvalue weighted by atomic mass is 16.5. The van der Waals surface area contributed by atoms with Crippen molar-refractivity contribution in [3.8, 4) is 0 Å². The van der Waals surface area contributed by atoms with Crippen LogP contribution in [-0.4, -0.2) is 64.6 Å². The van der Waals surface area contributed by atoms with Gasteiger partial charge in [-0.25, -0.2) is 4.98 Å². The summed E-state index contributed by atoms with van der Waals surface area (Å²) in [6, 6.07) is 9.70. The summed E-state index contributed by atoms with van der Waals surface area (Å²) in [5.74, 6) is -0.298. The minimum atomic E-state index is -0.413. The molecule has 3 heterocycles. The van der Waals surface area contributed by atoms with E-state index in [0.717, 1.165) is 25.2 Å². The van der Waals surface area contributed by atoms with Crippen LogP contribution >= 0.6 is 0 Å². The molecule has 2 saturated heterocycles. The van der Waals surface area contributed by atoms with Crippen molar-refractivity contribution in [2.75, 3.05) is 32.8 Å². The van der Waals surface area contributed by atoms with Crippen LogP contribution in [0.2, 0.25) is 0 Å². The molecule has 27 heavy (non-hydrogen) atoms. The molecule has 1 amide bonds. The Balaban J connectivity index is 1.66. The summed E-state index contributed by atoms with van der Waals surface area (Å²) in [7, 11) is 0. The molecular weight excluding hydrogens is 344 g/mol. The Morgan fingerprint density at radius 3 is 2.70 bits per heavy atom. The van der Waals surface area contributed by atoms with Gasteiger partial charge in [0.1, 0.15) is 5.56 Å². The number of aromatic nitrogens is 2. The Kier molecular flexibility index (Phi) is 5.31. The second kappa shape index (κ2) is 8.02. The molecule has 2 atom stereocenters. The van der Waals surface area contributed by atoms with Gasteiger partial charge >= 0.3 is 0 Å². The average Bonchev–Trinajstić information content (AvgIpc) is 3.21. The van der Waals surface area contributed by atoms with E-state index >= 15 is 0 Å². The molecule has 2 aromatic rings. The van der Waals surface area contributed by atoms with Crippen LogP contribution in [0, 0.1) is 0 Å². The van der Waals surface area contributed by atoms with Crippen LogP contribution in [0.3, 0.4) is 0 Å². The fourth-order valence-corrected chi connectivity index (χ4v) is 4.03. The number of aromatic amines is 1. The molecule has 7 heteroatoms. The molecule has 142 valence electrons. The average molecular weight is 368 g/mol. The Bertz CT molecular complexity index is 832. The summed E-state index contributed by atoms with van der Waals surface area (Å²) in [5.41, 5.74) is 0.680. The highest BCUT2D eigenvalue weighted by Gasteiger charge is 2.38. The van der Waals surface area contributed by atoms with Crippen molar-refractivity contribution in [3.63, 3.8) is 0 Å². The van der Waals surface area contributed by atoms with Crippen LogP contribution in [-0.2, 0) is 4.74 Å². The summed E-state index contributed by atoms with van der Waals surface area (Å²) in [6.45, 7) is 3.83. The van der Waals surface area contributed by atoms with Gasteiger partial charge in [-0.15, -0.1) is 0 Å². The molecule has 1 aromatic heterocycles. The summed E-state index contributed by atoms with van der Waals surface area (Å²) in [4.78, 5) is 35.9. The number of carbonyl (C=O) groups is 1. The first-order valence-electron chi connectivity index (χ1n) is 9.46. The fraction of sp³-hybridized carbons (Fsp3) is 0.450. The largest absolute Gasteiger partial charge is 0.373 e. The van der Waals surface area contributed by atoms with E-state index in [1.807, 2.05) is 30.3 Å². The van der Waals surface area contributed by atoms with Crippen LogP contribution in [0.25, 0.3) is 0 Å². The Labute approximate surface area is 158 Å². The Hall–Kier alpha value is -2.51. The molecule has 0 radical (unpaired) electrons. The Morgan fingerprint density at radius 2 is 1.96 bits per heavy atom. The number of carbonyl (C=O) groups excluding carboxylic acids is 1. The van der Waals surface area contributed by atoms with Crippen molar-refractivity contribution < 1.29 is 9.53 Å². The van der Waals surface area contributed by atoms with Gasteiger partial charge < -0.3 is 19.5 Å². The van der Waals surface area contributed by atoms with Crippen molar-refractivity contribution in [2.45, 2.75) is 25.0 Å². The molecule has 7 nitrogen and oxygen atoms in total. The molecule has 2 aliphatic rings. The number of amides is 1. The van der Waals surface area contributed by atoms with E-state index in [0.29, 0.717) is 13.2 Å². The summed E-state index contributed by atoms with van der Waals surface area (Å²) >= 11 is 0. The van der Waals surface area contributed by atoms with E-state index in [2.05, 4.69) is 14.9 Å². The number of likely N-dealkylation sites (tertiary alicyclic amines) is 1. The molecule has 1 aromatic carbocycles. The lowest BCUT2D eigenvalue weighted by Gasteiger charge is -2.42. The Morgan fingerprint density at radius 1 is 1.19 bits per heavy atom. The summed E-state index contributed by atoms with van der Waals surface area (Å²) < 4.78 is 6.12. The van der Waals surface area contributed by atoms with Gasteiger partial charge in [0.05, 0.1) is 25.1 Å². The summed E-state index contributed by atoms with van der Waals surface area (Å²) in [5, 5.41) is 0. The van der Waals surface area contributed by atoms with Crippen LogP contribution in [0.15, 0.2) is 47.7 Å². The zero-order chi connectivity index (χ0) is 18.6. The highest BCUT2D eigenvalue weighted by Crippen LogP contribution is 2.31. The van der Waals surface area contributed by atoms with Gasteiger partial charge in [0.25, 0.3) is 11.5 Å². The quantitative estimate of drug-likeness (QED) is 0.884. The van der Waals surface area contributed by atoms with E-state index in [-0.39, 0.29) is 23.6 Å². The van der Waals surface area contributed by atoms with Crippen LogP contribution in [0.4, 0.5) is 0 Å². The predicted molar refractivity (Wildman–Crippen MR) is 100 cm³/mol. The second-order valence-corrected chi connectivity index (χ2v) is 7.07. The first kappa shape index (κ1) is 17.9. The first-order valence-corrected chi connectivity index (χ1v) is 9.46. The van der Waals surface area contributed by atoms with Crippen molar-refractivity contribution in [1.82, 2.24) is 19.8 Å². The SMILES string of the molecule is O=C(c1cnc[nH]c1=O)N1CCO[C@@H](CN2CCCC2)[C@@H]1c1ccccc1. The zero-order valence-electron chi connectivity index (χ0n) is 15.2. The molecule has 2 fully saturated rings. The number of H-pyrrole nitrogens is 1. The second-order valence-electron chi connectivity index (χ2n) is 7.07. The molecule has 0 unspecified atom stereocenters. The molecule has 2 aliphatic heterocycles. The maximum absolute atomic E-state index is 13.2. The number of rotatable bonds is 4. The smallest absolute Gasteiger partial charge is 0.263 e. The van der Waals surface area contributed by atoms with Gasteiger partial charge in [-0.1, -0.05) is 30.3 Å². The lowest BCUT2D eigenvalue weighted by atomic mass is 9.96. The van der Waals surface area contributed by atoms with Crippen molar-refractivity contribution in [3.05, 3.63) is 64.3 Å². The minimum Gasteiger partial charge on any atom is -0.373 e. The topological polar surface area (TPSA) is 78.5 Å². The van der Waals surface area contributed by atoms with Crippen LogP contribution in [0.1, 0.15) is 34.8 Å². The normalized spacial score (nSPS) is 23.5. The van der Waals surface area contributed by atoms with Crippen molar-refractivity contribution >= 4 is 5.91 Å². The van der Waals surface area contributed by atoms with Gasteiger partial charge in [0.15, 0.2) is 0 Å². The number of benzene rings is 1. The van der Waals surface area contributed by atoms with Gasteiger partial charge in [-0.05, 0) is 31.5 Å². The first-order chi connectivity index (χ1) is 13.2. The third kappa shape index (κ3) is 3.79. The van der Waals surface area contributed by atoms with Crippen LogP contribution < -0.4 is 5.56 Å². The molecule has 4 rings (SSSR count). The van der Waals surface area contributed by atoms with Gasteiger partial charge in [0.2, 0.25) is 0 Å². The third-order valence-electron chi connectivity index (χ3n) is 5.34. The number of ether oxygens (including phenoxy) is 1. The molecular formula is C20H24N4O3. The van der Waals surface area contributed by atoms with E-state index in [1.54, 1.807) is 4.90 Å². The van der Waals surface area contributed by atoms with Crippen molar-refractivity contribution in [1.29, 1.82) is 0 Å². The zero-order valence-corrected chi connectivity index (χ0v) is 15.2. The lowest BCUT2D eigenvalue weighted by Crippen LogP contribution is -2.52. The van der Waals surface area contributed by atoms with Crippen molar-refractivity contribution in [2.24, 2.45) is 0 Å². The van der Waals surface area contributed by atoms with Gasteiger partial charge in [0, 0.05) is 19.3 Å². The van der Waals surface area contributed by atoms with E-state index < -0.39 is 5.56 Å². The molecule has 0 aliphatic carbocycles. The highest BCUT2D eigenvalue weighted by molar-refractivity contribution is 5.94. The van der Waals surface area contributed by atoms with E-state index in [4.69, 9.17) is 4.74 Å². The van der Waals surface area contributed by atoms with Gasteiger partial charge in [-0.2, -0.15) is 0 Å². The number of nitrogens with zero attached hydrogens (tertiary/aromatic N) is 3. The number of morpholine rings is 1. The third-order valence-corrected chi connectivity index (χ3v) is 5.34. The predicted octanol–water partition coefficient (Wildman–Crippen LogP) is 1.45. The lowest BCUT2D eigenvalue weighted by molar-refractivity contribution is -0.0707. The molecule has 0 bridgehead atoms. The standard InChI is InChI=1S/C20H24N4O3/c25-19-16(12-21-14-22-19)20(26)24-10-11-27-17(13-23-8-4-5-9-23)18(24)15-6-2-1-3-7-15/h1-3,6-7,12,14,17-18H,4-5,8-11,13H2,(H,21,22,25)/t17-,18-/m0/s1. The van der Waals surface area contributed by atoms with E-state index in [1.165, 1.54) is 25.4 Å². The number of nitrogens with one attached hydrogen (secondary N) is 1. The van der Waals surface area contributed by atoms with Gasteiger partial charge in [-0.3, -0.25) is 9.59 Å². The minimum absolute atomic E-state index is 0.0697. The summed E-state index contributed by atoms with van der Waals surface area (Å²) in [6.07, 6.45) is 4.92. The van der Waals surface area contributed by atoms with E-state index in [9.17, 15) is 9.59 Å². The monoisotopic (exact) mass is 368 g/mol. The number of hydrogen-bond donors (Lipinski definition) is 1. The van der Waals surface area contributed by atoms with Crippen LogP contribution in [0.5, 0.6) is 0 Å². The molecule has 0 spiro atoms. The molecule has 1 N–H and O–H groups in total. The fourth-order valence-electron chi connectivity index (χ4n) is 4.03. The molecule has 0 saturated carbocycles. The maximum Gasteiger partial charge on any atom is 0.263 e. The maximum atomic E-state index is 13.2. The number of hydrogen-bond acceptors (Lipinski definition) is 5.